The Kier molecular flexibility index (Phi) is 11.9. The predicted octanol–water partition coefficient (Wildman–Crippen LogP) is 5.93. The monoisotopic (exact) mass is 816 g/mol. The molecule has 1 unspecified atom stereocenters. The highest BCUT2D eigenvalue weighted by atomic mass is 19.4. The highest BCUT2D eigenvalue weighted by Gasteiger charge is 2.45. The van der Waals surface area contributed by atoms with E-state index in [0.717, 1.165) is 80.5 Å². The number of pyridine rings is 1. The van der Waals surface area contributed by atoms with Gasteiger partial charge in [-0.3, -0.25) is 38.9 Å². The number of alkyl halides is 3. The van der Waals surface area contributed by atoms with Crippen molar-refractivity contribution in [1.82, 2.24) is 30.3 Å². The van der Waals surface area contributed by atoms with Crippen LogP contribution in [-0.2, 0) is 21.4 Å². The summed E-state index contributed by atoms with van der Waals surface area (Å²) in [5, 5.41) is 28.2. The first-order valence-electron chi connectivity index (χ1n) is 20.0. The number of anilines is 2. The normalized spacial score (nSPS) is 19.9. The third-order valence-electron chi connectivity index (χ3n) is 11.3. The van der Waals surface area contributed by atoms with Crippen LogP contribution in [0, 0.1) is 5.92 Å². The van der Waals surface area contributed by atoms with Gasteiger partial charge in [0.15, 0.2) is 0 Å². The molecule has 2 aromatic carbocycles. The van der Waals surface area contributed by atoms with Crippen LogP contribution in [0.3, 0.4) is 0 Å². The van der Waals surface area contributed by atoms with Crippen LogP contribution in [0.4, 0.5) is 24.5 Å². The maximum Gasteiger partial charge on any atom is 0.433 e. The number of aromatic nitrogens is 3. The number of fused-ring (bicyclic) bond motifs is 2. The Morgan fingerprint density at radius 2 is 1.66 bits per heavy atom. The number of nitrogens with zero attached hydrogens (tertiary/aromatic N) is 4. The van der Waals surface area contributed by atoms with Crippen LogP contribution in [-0.4, -0.2) is 80.0 Å². The molecule has 5 amide bonds. The summed E-state index contributed by atoms with van der Waals surface area (Å²) in [5.41, 5.74) is -0.644. The molecule has 1 saturated carbocycles. The maximum absolute atomic E-state index is 13.3. The zero-order chi connectivity index (χ0) is 42.1. The fourth-order valence-corrected chi connectivity index (χ4v) is 8.15. The number of hydrogen-bond acceptors (Lipinski definition) is 10. The first-order valence-corrected chi connectivity index (χ1v) is 20.0. The lowest BCUT2D eigenvalue weighted by molar-refractivity contribution is -0.141. The molecular weight excluding hydrogens is 770 g/mol. The molecular formula is C42H47F3N8O6. The van der Waals surface area contributed by atoms with Gasteiger partial charge in [0, 0.05) is 41.5 Å². The van der Waals surface area contributed by atoms with Gasteiger partial charge in [-0.1, -0.05) is 18.6 Å². The van der Waals surface area contributed by atoms with Crippen LogP contribution in [0.15, 0.2) is 54.7 Å². The van der Waals surface area contributed by atoms with Crippen molar-refractivity contribution < 1.29 is 42.3 Å². The fourth-order valence-electron chi connectivity index (χ4n) is 8.15. The lowest BCUT2D eigenvalue weighted by Gasteiger charge is -2.28. The van der Waals surface area contributed by atoms with E-state index in [1.807, 2.05) is 10.9 Å². The number of unbranched alkanes of at least 4 members (excludes halogenated alkanes) is 2. The van der Waals surface area contributed by atoms with Crippen LogP contribution in [0.5, 0.6) is 0 Å². The van der Waals surface area contributed by atoms with E-state index < -0.39 is 58.7 Å². The summed E-state index contributed by atoms with van der Waals surface area (Å²) in [6, 6.07) is 10.7. The van der Waals surface area contributed by atoms with E-state index in [9.17, 15) is 42.3 Å². The van der Waals surface area contributed by atoms with E-state index >= 15 is 0 Å². The number of aliphatic hydroxyl groups is 1. The first kappa shape index (κ1) is 41.5. The zero-order valence-electron chi connectivity index (χ0n) is 32.8. The van der Waals surface area contributed by atoms with E-state index in [0.29, 0.717) is 29.2 Å². The molecule has 2 aliphatic heterocycles. The quantitative estimate of drug-likeness (QED) is 0.0754. The Morgan fingerprint density at radius 3 is 2.39 bits per heavy atom. The number of halogens is 3. The summed E-state index contributed by atoms with van der Waals surface area (Å²) in [5.74, 6) is -2.42. The summed E-state index contributed by atoms with van der Waals surface area (Å²) in [6.07, 6.45) is 4.03. The van der Waals surface area contributed by atoms with Gasteiger partial charge in [0.2, 0.25) is 11.8 Å². The van der Waals surface area contributed by atoms with E-state index in [-0.39, 0.29) is 35.7 Å². The highest BCUT2D eigenvalue weighted by molar-refractivity contribution is 6.25. The largest absolute Gasteiger partial charge is 0.433 e. The second-order valence-electron chi connectivity index (χ2n) is 16.0. The highest BCUT2D eigenvalue weighted by Crippen LogP contribution is 2.37. The van der Waals surface area contributed by atoms with Gasteiger partial charge < -0.3 is 21.1 Å². The van der Waals surface area contributed by atoms with Gasteiger partial charge in [-0.25, -0.2) is 4.98 Å². The minimum Gasteiger partial charge on any atom is -0.386 e. The molecule has 4 heterocycles. The van der Waals surface area contributed by atoms with Gasteiger partial charge in [-0.15, -0.1) is 0 Å². The van der Waals surface area contributed by atoms with Crippen molar-refractivity contribution in [3.05, 3.63) is 82.8 Å². The Bertz CT molecular complexity index is 2280. The fraction of sp³-hybridized carbons (Fsp3) is 0.452. The SMILES string of the molecule is CC(C)(O)c1cc2nn(C3CCC(CNCCCCCNc4cccc5c4C(=O)N(C4CCC(=O)NC4=O)C5=O)CC3)cc2cc1NC(=O)c1cccc(C(F)(F)F)n1. The lowest BCUT2D eigenvalue weighted by Crippen LogP contribution is -2.54. The van der Waals surface area contributed by atoms with E-state index in [4.69, 9.17) is 5.10 Å². The van der Waals surface area contributed by atoms with Crippen molar-refractivity contribution in [3.8, 4) is 0 Å². The number of carbonyl (C=O) groups is 5. The molecule has 2 fully saturated rings. The van der Waals surface area contributed by atoms with Crippen LogP contribution >= 0.6 is 0 Å². The number of nitrogens with one attached hydrogen (secondary N) is 4. The van der Waals surface area contributed by atoms with Crippen molar-refractivity contribution in [2.45, 2.75) is 95.5 Å². The maximum atomic E-state index is 13.3. The number of imide groups is 2. The molecule has 14 nitrogen and oxygen atoms in total. The smallest absolute Gasteiger partial charge is 0.386 e. The van der Waals surface area contributed by atoms with Gasteiger partial charge >= 0.3 is 6.18 Å². The molecule has 1 saturated heterocycles. The van der Waals surface area contributed by atoms with Gasteiger partial charge in [-0.05, 0) is 114 Å². The number of piperidine rings is 1. The molecule has 0 bridgehead atoms. The van der Waals surface area contributed by atoms with E-state index in [2.05, 4.69) is 26.3 Å². The molecule has 0 spiro atoms. The van der Waals surface area contributed by atoms with Crippen molar-refractivity contribution in [2.75, 3.05) is 30.3 Å². The summed E-state index contributed by atoms with van der Waals surface area (Å²) >= 11 is 0. The lowest BCUT2D eigenvalue weighted by atomic mass is 9.86. The zero-order valence-corrected chi connectivity index (χ0v) is 32.8. The summed E-state index contributed by atoms with van der Waals surface area (Å²) < 4.78 is 41.6. The molecule has 17 heteroatoms. The Morgan fingerprint density at radius 1 is 0.915 bits per heavy atom. The number of rotatable bonds is 14. The molecule has 5 N–H and O–H groups in total. The van der Waals surface area contributed by atoms with Crippen LogP contribution < -0.4 is 21.3 Å². The first-order chi connectivity index (χ1) is 28.1. The molecule has 4 aromatic rings. The third-order valence-corrected chi connectivity index (χ3v) is 11.3. The van der Waals surface area contributed by atoms with Crippen LogP contribution in [0.25, 0.3) is 10.9 Å². The molecule has 1 aliphatic carbocycles. The number of carbonyl (C=O) groups excluding carboxylic acids is 5. The van der Waals surface area contributed by atoms with Gasteiger partial charge in [0.1, 0.15) is 17.4 Å². The second-order valence-corrected chi connectivity index (χ2v) is 16.0. The molecule has 3 aliphatic rings. The van der Waals surface area contributed by atoms with Crippen molar-refractivity contribution in [3.63, 3.8) is 0 Å². The number of hydrogen-bond donors (Lipinski definition) is 5. The number of amides is 5. The third kappa shape index (κ3) is 9.15. The van der Waals surface area contributed by atoms with Crippen molar-refractivity contribution >= 4 is 51.8 Å². The molecule has 59 heavy (non-hydrogen) atoms. The molecule has 7 rings (SSSR count). The van der Waals surface area contributed by atoms with E-state index in [1.165, 1.54) is 6.07 Å². The topological polar surface area (TPSA) is 188 Å². The Hall–Kier alpha value is -5.68. The van der Waals surface area contributed by atoms with Crippen molar-refractivity contribution in [2.24, 2.45) is 5.92 Å². The minimum atomic E-state index is -4.70. The Balaban J connectivity index is 0.849. The second kappa shape index (κ2) is 16.9. The Labute approximate surface area is 338 Å². The van der Waals surface area contributed by atoms with Crippen LogP contribution in [0.2, 0.25) is 0 Å². The van der Waals surface area contributed by atoms with Crippen LogP contribution in [0.1, 0.15) is 120 Å². The summed E-state index contributed by atoms with van der Waals surface area (Å²) in [7, 11) is 0. The van der Waals surface area contributed by atoms with Gasteiger partial charge in [0.05, 0.1) is 28.3 Å². The average molecular weight is 817 g/mol. The molecule has 312 valence electrons. The molecule has 1 atom stereocenters. The standard InChI is InChI=1S/C42H47F3N8O6/c1-41(2,59)28-21-31-25(20-32(28)49-37(55)30-10-7-11-34(48-30)42(43,44)45)23-52(51-31)26-14-12-24(13-15-26)22-46-18-4-3-5-19-47-29-9-6-8-27-36(29)40(58)53(39(27)57)33-16-17-35(54)50-38(33)56/h6-11,20-21,23-24,26,33,46-47,59H,3-5,12-19,22H2,1-2H3,(H,49,55)(H,50,54,56). The summed E-state index contributed by atoms with van der Waals surface area (Å²) in [4.78, 5) is 67.9. The number of benzene rings is 2. The minimum absolute atomic E-state index is 0.0658. The van der Waals surface area contributed by atoms with Crippen molar-refractivity contribution in [1.29, 1.82) is 0 Å². The average Bonchev–Trinajstić information content (AvgIpc) is 3.72. The predicted molar refractivity (Wildman–Crippen MR) is 211 cm³/mol. The summed E-state index contributed by atoms with van der Waals surface area (Å²) in [6.45, 7) is 5.49. The molecule has 2 aromatic heterocycles. The van der Waals surface area contributed by atoms with Gasteiger partial charge in [0.25, 0.3) is 17.7 Å². The van der Waals surface area contributed by atoms with E-state index in [1.54, 1.807) is 44.2 Å². The molecule has 0 radical (unpaired) electrons. The van der Waals surface area contributed by atoms with Gasteiger partial charge in [-0.2, -0.15) is 18.3 Å².